The molecule has 1 heterocycles. The van der Waals surface area contributed by atoms with Gasteiger partial charge in [-0.25, -0.2) is 14.7 Å². The molecule has 1 aliphatic heterocycles. The molecule has 2 fully saturated rings. The Hall–Kier alpha value is -0.950. The van der Waals surface area contributed by atoms with Gasteiger partial charge in [-0.1, -0.05) is 57.6 Å². The fourth-order valence-electron chi connectivity index (χ4n) is 4.13. The van der Waals surface area contributed by atoms with Gasteiger partial charge in [0.05, 0.1) is 6.10 Å². The molecule has 0 aromatic rings. The largest absolute Gasteiger partial charge is 0.481 e. The fraction of sp³-hybridized carbons (Fsp3) is 0.850. The number of unbranched alkanes of at least 4 members (excludes halogenated alkanes) is 5. The van der Waals surface area contributed by atoms with E-state index in [4.69, 9.17) is 20.1 Å². The predicted octanol–water partition coefficient (Wildman–Crippen LogP) is 4.74. The topological polar surface area (TPSA) is 85.2 Å². The van der Waals surface area contributed by atoms with E-state index in [0.29, 0.717) is 11.8 Å². The monoisotopic (exact) mass is 370 g/mol. The second kappa shape index (κ2) is 11.7. The molecule has 6 nitrogen and oxygen atoms in total. The standard InChI is InChI=1S/C20H34O6/c1-2-3-6-9-15(24-23)12-13-17-16(18-14-19(17)26-25-18)10-7-4-5-8-11-20(21)22/h12-13,15-19,23H,2-11,14H2,1H3,(H,21,22). The minimum atomic E-state index is -0.714. The van der Waals surface area contributed by atoms with Crippen LogP contribution in [-0.2, 0) is 19.5 Å². The predicted molar refractivity (Wildman–Crippen MR) is 97.5 cm³/mol. The number of rotatable bonds is 14. The molecular formula is C20H34O6. The molecule has 0 aromatic carbocycles. The van der Waals surface area contributed by atoms with Crippen molar-refractivity contribution in [2.24, 2.45) is 11.8 Å². The van der Waals surface area contributed by atoms with Gasteiger partial charge in [0, 0.05) is 18.8 Å². The van der Waals surface area contributed by atoms with Crippen LogP contribution in [0.25, 0.3) is 0 Å². The molecule has 150 valence electrons. The lowest BCUT2D eigenvalue weighted by atomic mass is 9.87. The minimum absolute atomic E-state index is 0.100. The summed E-state index contributed by atoms with van der Waals surface area (Å²) in [4.78, 5) is 26.0. The Bertz CT molecular complexity index is 438. The molecule has 2 rings (SSSR count). The van der Waals surface area contributed by atoms with Crippen LogP contribution >= 0.6 is 0 Å². The Kier molecular flexibility index (Phi) is 9.61. The number of carboxylic acids is 1. The summed E-state index contributed by atoms with van der Waals surface area (Å²) in [6.45, 7) is 2.16. The maximum Gasteiger partial charge on any atom is 0.303 e. The van der Waals surface area contributed by atoms with Gasteiger partial charge in [0.15, 0.2) is 0 Å². The summed E-state index contributed by atoms with van der Waals surface area (Å²) >= 11 is 0. The number of hydrogen-bond donors (Lipinski definition) is 2. The van der Waals surface area contributed by atoms with Crippen molar-refractivity contribution in [2.45, 2.75) is 95.9 Å². The molecule has 0 aromatic heterocycles. The van der Waals surface area contributed by atoms with Crippen molar-refractivity contribution in [3.63, 3.8) is 0 Å². The van der Waals surface area contributed by atoms with Gasteiger partial charge in [-0.3, -0.25) is 10.1 Å². The average molecular weight is 370 g/mol. The van der Waals surface area contributed by atoms with Crippen LogP contribution in [0.3, 0.4) is 0 Å². The highest BCUT2D eigenvalue weighted by Gasteiger charge is 2.49. The van der Waals surface area contributed by atoms with Gasteiger partial charge in [-0.15, -0.1) is 0 Å². The molecular weight excluding hydrogens is 336 g/mol. The van der Waals surface area contributed by atoms with E-state index >= 15 is 0 Å². The SMILES string of the molecule is CCCCCC(C=CC1C2CC(OO2)C1CCCCCCC(=O)O)OO. The Morgan fingerprint density at radius 1 is 1.15 bits per heavy atom. The van der Waals surface area contributed by atoms with E-state index in [1.165, 1.54) is 0 Å². The Morgan fingerprint density at radius 3 is 2.65 bits per heavy atom. The zero-order valence-corrected chi connectivity index (χ0v) is 15.8. The van der Waals surface area contributed by atoms with Crippen molar-refractivity contribution in [3.8, 4) is 0 Å². The van der Waals surface area contributed by atoms with Crippen LogP contribution in [0.2, 0.25) is 0 Å². The van der Waals surface area contributed by atoms with Crippen molar-refractivity contribution < 1.29 is 29.8 Å². The second-order valence-corrected chi connectivity index (χ2v) is 7.62. The fourth-order valence-corrected chi connectivity index (χ4v) is 4.13. The van der Waals surface area contributed by atoms with Crippen LogP contribution < -0.4 is 0 Å². The number of aliphatic carboxylic acids is 1. The lowest BCUT2D eigenvalue weighted by Crippen LogP contribution is -2.29. The first-order valence-corrected chi connectivity index (χ1v) is 10.2. The van der Waals surface area contributed by atoms with Crippen molar-refractivity contribution in [1.29, 1.82) is 0 Å². The molecule has 2 bridgehead atoms. The molecule has 2 aliphatic rings. The third-order valence-corrected chi connectivity index (χ3v) is 5.62. The van der Waals surface area contributed by atoms with E-state index in [2.05, 4.69) is 17.9 Å². The Labute approximate surface area is 156 Å². The summed E-state index contributed by atoms with van der Waals surface area (Å²) in [7, 11) is 0. The van der Waals surface area contributed by atoms with Crippen LogP contribution in [0.15, 0.2) is 12.2 Å². The number of carbonyl (C=O) groups is 1. The summed E-state index contributed by atoms with van der Waals surface area (Å²) < 4.78 is 0. The van der Waals surface area contributed by atoms with E-state index < -0.39 is 5.97 Å². The van der Waals surface area contributed by atoms with Crippen LogP contribution in [0.4, 0.5) is 0 Å². The molecule has 0 radical (unpaired) electrons. The van der Waals surface area contributed by atoms with Gasteiger partial charge in [0.2, 0.25) is 0 Å². The molecule has 0 spiro atoms. The van der Waals surface area contributed by atoms with Gasteiger partial charge in [0.1, 0.15) is 12.2 Å². The zero-order valence-electron chi connectivity index (χ0n) is 15.8. The van der Waals surface area contributed by atoms with Crippen molar-refractivity contribution in [2.75, 3.05) is 0 Å². The van der Waals surface area contributed by atoms with Gasteiger partial charge >= 0.3 is 5.97 Å². The number of fused-ring (bicyclic) bond motifs is 2. The van der Waals surface area contributed by atoms with Gasteiger partial charge in [-0.2, -0.15) is 0 Å². The van der Waals surface area contributed by atoms with Crippen LogP contribution in [-0.4, -0.2) is 34.6 Å². The van der Waals surface area contributed by atoms with Gasteiger partial charge in [0.25, 0.3) is 0 Å². The van der Waals surface area contributed by atoms with Gasteiger partial charge < -0.3 is 5.11 Å². The van der Waals surface area contributed by atoms with Crippen molar-refractivity contribution in [1.82, 2.24) is 0 Å². The molecule has 5 unspecified atom stereocenters. The molecule has 1 saturated carbocycles. The molecule has 5 atom stereocenters. The third kappa shape index (κ3) is 6.65. The first-order chi connectivity index (χ1) is 12.7. The zero-order chi connectivity index (χ0) is 18.8. The molecule has 6 heteroatoms. The summed E-state index contributed by atoms with van der Waals surface area (Å²) in [6, 6.07) is 0. The summed E-state index contributed by atoms with van der Waals surface area (Å²) in [5.74, 6) is 0.0181. The summed E-state index contributed by atoms with van der Waals surface area (Å²) in [5.41, 5.74) is 0. The average Bonchev–Trinajstić information content (AvgIpc) is 3.22. The van der Waals surface area contributed by atoms with E-state index in [1.807, 2.05) is 6.08 Å². The lowest BCUT2D eigenvalue weighted by molar-refractivity contribution is -0.337. The quantitative estimate of drug-likeness (QED) is 0.199. The van der Waals surface area contributed by atoms with E-state index in [1.54, 1.807) is 0 Å². The van der Waals surface area contributed by atoms with Crippen LogP contribution in [0.5, 0.6) is 0 Å². The van der Waals surface area contributed by atoms with E-state index in [-0.39, 0.29) is 24.7 Å². The molecule has 1 saturated heterocycles. The summed E-state index contributed by atoms with van der Waals surface area (Å²) in [5, 5.41) is 17.8. The Morgan fingerprint density at radius 2 is 1.92 bits per heavy atom. The van der Waals surface area contributed by atoms with Crippen molar-refractivity contribution >= 4 is 5.97 Å². The van der Waals surface area contributed by atoms with Crippen LogP contribution in [0.1, 0.15) is 77.6 Å². The van der Waals surface area contributed by atoms with E-state index in [0.717, 1.165) is 64.2 Å². The minimum Gasteiger partial charge on any atom is -0.481 e. The molecule has 0 amide bonds. The van der Waals surface area contributed by atoms with Crippen LogP contribution in [0, 0.1) is 11.8 Å². The highest BCUT2D eigenvalue weighted by atomic mass is 17.2. The highest BCUT2D eigenvalue weighted by Crippen LogP contribution is 2.45. The number of hydrogen-bond acceptors (Lipinski definition) is 5. The van der Waals surface area contributed by atoms with Crippen molar-refractivity contribution in [3.05, 3.63) is 12.2 Å². The first-order valence-electron chi connectivity index (χ1n) is 10.2. The maximum atomic E-state index is 10.5. The highest BCUT2D eigenvalue weighted by molar-refractivity contribution is 5.66. The molecule has 2 N–H and O–H groups in total. The maximum absolute atomic E-state index is 10.5. The lowest BCUT2D eigenvalue weighted by Gasteiger charge is -2.28. The van der Waals surface area contributed by atoms with E-state index in [9.17, 15) is 4.79 Å². The normalized spacial score (nSPS) is 28.8. The Balaban J connectivity index is 1.76. The van der Waals surface area contributed by atoms with Gasteiger partial charge in [-0.05, 0) is 25.2 Å². The smallest absolute Gasteiger partial charge is 0.303 e. The molecule has 1 aliphatic carbocycles. The number of carboxylic acid groups (broad SMARTS) is 1. The third-order valence-electron chi connectivity index (χ3n) is 5.62. The second-order valence-electron chi connectivity index (χ2n) is 7.62. The summed E-state index contributed by atoms with van der Waals surface area (Å²) in [6.07, 6.45) is 14.4. The first kappa shape index (κ1) is 21.4. The molecule has 26 heavy (non-hydrogen) atoms.